The normalized spacial score (nSPS) is 9.96. The zero-order valence-corrected chi connectivity index (χ0v) is 15.8. The van der Waals surface area contributed by atoms with Gasteiger partial charge >= 0.3 is 0 Å². The van der Waals surface area contributed by atoms with Gasteiger partial charge in [-0.15, -0.1) is 0 Å². The lowest BCUT2D eigenvalue weighted by molar-refractivity contribution is -0.123. The monoisotopic (exact) mass is 367 g/mol. The summed E-state index contributed by atoms with van der Waals surface area (Å²) in [7, 11) is 1.50. The van der Waals surface area contributed by atoms with Crippen LogP contribution in [0.25, 0.3) is 0 Å². The smallest absolute Gasteiger partial charge is 0.257 e. The maximum absolute atomic E-state index is 12.0. The summed E-state index contributed by atoms with van der Waals surface area (Å²) in [5.41, 5.74) is 1.66. The van der Waals surface area contributed by atoms with Gasteiger partial charge in [-0.25, -0.2) is 0 Å². The van der Waals surface area contributed by atoms with Crippen molar-refractivity contribution in [3.63, 3.8) is 0 Å². The van der Waals surface area contributed by atoms with Crippen LogP contribution in [0.1, 0.15) is 18.9 Å². The summed E-state index contributed by atoms with van der Waals surface area (Å²) in [6, 6.07) is 17.1. The molecule has 0 fully saturated rings. The molecule has 2 aromatic rings. The Balaban J connectivity index is 1.73. The van der Waals surface area contributed by atoms with E-state index in [0.29, 0.717) is 23.6 Å². The second-order valence-electron chi connectivity index (χ2n) is 5.88. The highest BCUT2D eigenvalue weighted by atomic mass is 16.5. The van der Waals surface area contributed by atoms with E-state index >= 15 is 0 Å². The van der Waals surface area contributed by atoms with E-state index in [1.807, 2.05) is 24.3 Å². The van der Waals surface area contributed by atoms with Gasteiger partial charge in [0, 0.05) is 31.4 Å². The summed E-state index contributed by atoms with van der Waals surface area (Å²) in [5.74, 6) is 0.681. The molecule has 0 saturated heterocycles. The Kier molecular flexibility index (Phi) is 7.98. The first-order valence-corrected chi connectivity index (χ1v) is 8.95. The number of nitrogens with one attached hydrogen (secondary N) is 1. The number of carbonyl (C=O) groups excluding carboxylic acids is 1. The van der Waals surface area contributed by atoms with Crippen molar-refractivity contribution in [2.75, 3.05) is 38.3 Å². The number of hydrogen-bond acceptors (Lipinski definition) is 5. The molecule has 0 unspecified atom stereocenters. The Hall–Kier alpha value is -3.20. The van der Waals surface area contributed by atoms with Crippen LogP contribution in [0.3, 0.4) is 0 Å². The van der Waals surface area contributed by atoms with Gasteiger partial charge in [-0.2, -0.15) is 5.26 Å². The third-order valence-electron chi connectivity index (χ3n) is 4.08. The van der Waals surface area contributed by atoms with Crippen molar-refractivity contribution in [1.82, 2.24) is 5.32 Å². The van der Waals surface area contributed by atoms with Crippen LogP contribution in [0.4, 0.5) is 5.69 Å². The maximum Gasteiger partial charge on any atom is 0.257 e. The van der Waals surface area contributed by atoms with Crippen LogP contribution < -0.4 is 19.7 Å². The van der Waals surface area contributed by atoms with Crippen LogP contribution in [0.15, 0.2) is 48.5 Å². The fourth-order valence-electron chi connectivity index (χ4n) is 2.66. The average molecular weight is 367 g/mol. The van der Waals surface area contributed by atoms with E-state index in [4.69, 9.17) is 14.7 Å². The minimum absolute atomic E-state index is 0.0988. The number of para-hydroxylation sites is 1. The van der Waals surface area contributed by atoms with Gasteiger partial charge in [-0.3, -0.25) is 4.79 Å². The molecular formula is C21H25N3O3. The lowest BCUT2D eigenvalue weighted by atomic mass is 10.2. The van der Waals surface area contributed by atoms with Crippen LogP contribution in [0.2, 0.25) is 0 Å². The van der Waals surface area contributed by atoms with Gasteiger partial charge < -0.3 is 19.7 Å². The summed E-state index contributed by atoms with van der Waals surface area (Å²) in [4.78, 5) is 14.2. The number of hydrogen-bond donors (Lipinski definition) is 1. The predicted octanol–water partition coefficient (Wildman–Crippen LogP) is 2.98. The molecule has 0 aliphatic carbocycles. The van der Waals surface area contributed by atoms with Gasteiger partial charge in [-0.05, 0) is 37.6 Å². The molecular weight excluding hydrogens is 342 g/mol. The van der Waals surface area contributed by atoms with E-state index in [1.165, 1.54) is 12.8 Å². The molecule has 2 rings (SSSR count). The third-order valence-corrected chi connectivity index (χ3v) is 4.08. The zero-order valence-electron chi connectivity index (χ0n) is 15.8. The molecule has 142 valence electrons. The molecule has 0 aromatic heterocycles. The molecule has 0 aliphatic rings. The minimum atomic E-state index is -0.191. The number of amides is 1. The number of nitriles is 1. The first-order chi connectivity index (χ1) is 13.2. The van der Waals surface area contributed by atoms with E-state index in [-0.39, 0.29) is 12.5 Å². The van der Waals surface area contributed by atoms with Crippen molar-refractivity contribution in [3.05, 3.63) is 54.1 Å². The molecule has 1 amide bonds. The fourth-order valence-corrected chi connectivity index (χ4v) is 2.66. The molecule has 0 bridgehead atoms. The second kappa shape index (κ2) is 10.7. The fraction of sp³-hybridized carbons (Fsp3) is 0.333. The largest absolute Gasteiger partial charge is 0.493 e. The van der Waals surface area contributed by atoms with Crippen molar-refractivity contribution in [3.8, 4) is 17.6 Å². The lowest BCUT2D eigenvalue weighted by Crippen LogP contribution is -2.32. The third kappa shape index (κ3) is 6.23. The van der Waals surface area contributed by atoms with E-state index in [1.54, 1.807) is 18.2 Å². The molecule has 0 aliphatic heterocycles. The van der Waals surface area contributed by atoms with Crippen LogP contribution in [-0.2, 0) is 4.79 Å². The van der Waals surface area contributed by atoms with Gasteiger partial charge in [0.15, 0.2) is 18.1 Å². The molecule has 6 nitrogen and oxygen atoms in total. The first-order valence-electron chi connectivity index (χ1n) is 8.95. The molecule has 0 saturated carbocycles. The Bertz CT molecular complexity index is 772. The number of rotatable bonds is 10. The molecule has 27 heavy (non-hydrogen) atoms. The van der Waals surface area contributed by atoms with Crippen molar-refractivity contribution >= 4 is 11.6 Å². The molecule has 0 heterocycles. The van der Waals surface area contributed by atoms with Gasteiger partial charge in [0.1, 0.15) is 0 Å². The number of methoxy groups -OCH3 is 1. The van der Waals surface area contributed by atoms with Crippen LogP contribution in [0, 0.1) is 11.3 Å². The predicted molar refractivity (Wildman–Crippen MR) is 105 cm³/mol. The summed E-state index contributed by atoms with van der Waals surface area (Å²) in [6.45, 7) is 4.38. The van der Waals surface area contributed by atoms with Gasteiger partial charge in [0.05, 0.1) is 18.7 Å². The summed E-state index contributed by atoms with van der Waals surface area (Å²) in [6.07, 6.45) is 0.842. The standard InChI is InChI=1S/C21H25N3O3/c1-3-24(18-8-5-4-6-9-18)13-7-12-23-21(25)16-27-19-11-10-17(15-22)14-20(19)26-2/h4-6,8-11,14H,3,7,12-13,16H2,1-2H3,(H,23,25). The highest BCUT2D eigenvalue weighted by Crippen LogP contribution is 2.27. The number of anilines is 1. The summed E-state index contributed by atoms with van der Waals surface area (Å²) in [5, 5.41) is 11.8. The van der Waals surface area contributed by atoms with Crippen molar-refractivity contribution in [1.29, 1.82) is 5.26 Å². The highest BCUT2D eigenvalue weighted by Gasteiger charge is 2.09. The molecule has 2 aromatic carbocycles. The van der Waals surface area contributed by atoms with E-state index in [0.717, 1.165) is 19.5 Å². The SMILES string of the molecule is CCN(CCCNC(=O)COc1ccc(C#N)cc1OC)c1ccccc1. The van der Waals surface area contributed by atoms with Crippen molar-refractivity contribution in [2.24, 2.45) is 0 Å². The molecule has 1 N–H and O–H groups in total. The first kappa shape index (κ1) is 20.1. The van der Waals surface area contributed by atoms with E-state index in [2.05, 4.69) is 29.3 Å². The Morgan fingerprint density at radius 2 is 1.96 bits per heavy atom. The van der Waals surface area contributed by atoms with Gasteiger partial charge in [0.2, 0.25) is 0 Å². The van der Waals surface area contributed by atoms with Crippen molar-refractivity contribution < 1.29 is 14.3 Å². The topological polar surface area (TPSA) is 74.6 Å². The summed E-state index contributed by atoms with van der Waals surface area (Å²) < 4.78 is 10.7. The lowest BCUT2D eigenvalue weighted by Gasteiger charge is -2.23. The Morgan fingerprint density at radius 1 is 1.19 bits per heavy atom. The van der Waals surface area contributed by atoms with Gasteiger partial charge in [0.25, 0.3) is 5.91 Å². The molecule has 0 atom stereocenters. The number of nitrogens with zero attached hydrogens (tertiary/aromatic N) is 2. The number of ether oxygens (including phenoxy) is 2. The highest BCUT2D eigenvalue weighted by molar-refractivity contribution is 5.77. The van der Waals surface area contributed by atoms with Gasteiger partial charge in [-0.1, -0.05) is 18.2 Å². The Morgan fingerprint density at radius 3 is 2.63 bits per heavy atom. The molecule has 6 heteroatoms. The van der Waals surface area contributed by atoms with Crippen molar-refractivity contribution in [2.45, 2.75) is 13.3 Å². The Labute approximate surface area is 160 Å². The van der Waals surface area contributed by atoms with E-state index < -0.39 is 0 Å². The van der Waals surface area contributed by atoms with Crippen LogP contribution >= 0.6 is 0 Å². The average Bonchev–Trinajstić information content (AvgIpc) is 2.72. The second-order valence-corrected chi connectivity index (χ2v) is 5.88. The molecule has 0 radical (unpaired) electrons. The number of carbonyl (C=O) groups is 1. The van der Waals surface area contributed by atoms with Crippen LogP contribution in [0.5, 0.6) is 11.5 Å². The molecule has 0 spiro atoms. The van der Waals surface area contributed by atoms with E-state index in [9.17, 15) is 4.79 Å². The maximum atomic E-state index is 12.0. The van der Waals surface area contributed by atoms with Crippen LogP contribution in [-0.4, -0.2) is 39.3 Å². The number of benzene rings is 2. The minimum Gasteiger partial charge on any atom is -0.493 e. The zero-order chi connectivity index (χ0) is 19.5. The summed E-state index contributed by atoms with van der Waals surface area (Å²) >= 11 is 0. The quantitative estimate of drug-likeness (QED) is 0.654.